The lowest BCUT2D eigenvalue weighted by Crippen LogP contribution is -2.12. The lowest BCUT2D eigenvalue weighted by Gasteiger charge is -2.05. The molecule has 3 N–H and O–H groups in total. The zero-order chi connectivity index (χ0) is 10.3. The Labute approximate surface area is 102 Å². The number of thiol groups is 2. The van der Waals surface area contributed by atoms with E-state index in [2.05, 4.69) is 49.7 Å². The fraction of sp³-hybridized carbons (Fsp3) is 0.667. The highest BCUT2D eigenvalue weighted by molar-refractivity contribution is 8.11. The second kappa shape index (κ2) is 10.5. The Kier molecular flexibility index (Phi) is 15.4. The second-order valence-electron chi connectivity index (χ2n) is 2.35. The van der Waals surface area contributed by atoms with Gasteiger partial charge in [0.2, 0.25) is 0 Å². The largest absolute Gasteiger partial charge is 0.364 e. The topological polar surface area (TPSA) is 41.5 Å². The van der Waals surface area contributed by atoms with Gasteiger partial charge in [-0.15, -0.1) is 25.3 Å². The molecule has 0 aliphatic heterocycles. The summed E-state index contributed by atoms with van der Waals surface area (Å²) in [5.41, 5.74) is 0. The van der Waals surface area contributed by atoms with E-state index in [4.69, 9.17) is 0 Å². The molecule has 0 spiro atoms. The van der Waals surface area contributed by atoms with E-state index in [0.717, 1.165) is 0 Å². The van der Waals surface area contributed by atoms with Gasteiger partial charge in [0.25, 0.3) is 0 Å². The van der Waals surface area contributed by atoms with Gasteiger partial charge in [0, 0.05) is 28.2 Å². The number of nitrogens with zero attached hydrogens (tertiary/aromatic N) is 2. The van der Waals surface area contributed by atoms with E-state index in [1.807, 2.05) is 28.2 Å². The molecule has 0 aromatic rings. The predicted octanol–water partition coefficient (Wildman–Crippen LogP) is 1.69. The van der Waals surface area contributed by atoms with Gasteiger partial charge in [0.15, 0.2) is 0 Å². The molecule has 0 atom stereocenters. The fourth-order valence-electron chi connectivity index (χ4n) is 0. The van der Waals surface area contributed by atoms with Gasteiger partial charge in [0.05, 0.1) is 0 Å². The highest BCUT2D eigenvalue weighted by atomic mass is 32.1. The molecule has 0 aliphatic carbocycles. The molecule has 7 heteroatoms. The van der Waals surface area contributed by atoms with Crippen molar-refractivity contribution in [1.29, 1.82) is 0 Å². The number of hydrogen-bond donors (Lipinski definition) is 3. The van der Waals surface area contributed by atoms with Gasteiger partial charge in [-0.05, 0) is 0 Å². The van der Waals surface area contributed by atoms with Crippen molar-refractivity contribution in [3.05, 3.63) is 0 Å². The van der Waals surface area contributed by atoms with Crippen LogP contribution in [0.1, 0.15) is 0 Å². The van der Waals surface area contributed by atoms with E-state index in [9.17, 15) is 0 Å². The van der Waals surface area contributed by atoms with Gasteiger partial charge in [-0.3, -0.25) is 0 Å². The molecular weight excluding hydrogens is 242 g/mol. The van der Waals surface area contributed by atoms with Crippen LogP contribution in [0.15, 0.2) is 0 Å². The van der Waals surface area contributed by atoms with Crippen LogP contribution in [0.5, 0.6) is 0 Å². The molecule has 0 aromatic heterocycles. The summed E-state index contributed by atoms with van der Waals surface area (Å²) in [6, 6.07) is 0. The van der Waals surface area contributed by atoms with Crippen molar-refractivity contribution >= 4 is 58.3 Å². The third-order valence-electron chi connectivity index (χ3n) is 0.765. The maximum absolute atomic E-state index is 4.61. The van der Waals surface area contributed by atoms with Gasteiger partial charge in [-0.1, -0.05) is 24.4 Å². The Bertz CT molecular complexity index is 140. The zero-order valence-corrected chi connectivity index (χ0v) is 11.7. The Balaban J connectivity index is -0.000000143. The minimum Gasteiger partial charge on any atom is -0.364 e. The van der Waals surface area contributed by atoms with Crippen molar-refractivity contribution in [2.45, 2.75) is 0 Å². The van der Waals surface area contributed by atoms with Crippen LogP contribution in [0.4, 0.5) is 0 Å². The van der Waals surface area contributed by atoms with Gasteiger partial charge >= 0.3 is 0 Å². The lowest BCUT2D eigenvalue weighted by molar-refractivity contribution is 0.648. The van der Waals surface area contributed by atoms with Gasteiger partial charge in [0.1, 0.15) is 8.64 Å². The summed E-state index contributed by atoms with van der Waals surface area (Å²) in [5, 5.41) is 0. The Morgan fingerprint density at radius 3 is 0.923 bits per heavy atom. The minimum absolute atomic E-state index is 0. The summed E-state index contributed by atoms with van der Waals surface area (Å²) >= 11 is 16.9. The molecule has 0 rings (SSSR count). The first kappa shape index (κ1) is 19.1. The summed E-state index contributed by atoms with van der Waals surface area (Å²) in [6.07, 6.45) is 0. The average Bonchev–Trinajstić information content (AvgIpc) is 1.88. The van der Waals surface area contributed by atoms with Crippen molar-refractivity contribution in [1.82, 2.24) is 16.0 Å². The van der Waals surface area contributed by atoms with Crippen LogP contribution in [-0.4, -0.2) is 46.6 Å². The van der Waals surface area contributed by atoms with E-state index >= 15 is 0 Å². The molecule has 0 aliphatic rings. The normalized spacial score (nSPS) is 7.23. The smallest absolute Gasteiger partial charge is 0.132 e. The number of thiocarbonyl (C=S) groups is 2. The highest BCUT2D eigenvalue weighted by Gasteiger charge is 1.84. The molecule has 0 unspecified atom stereocenters. The molecule has 0 heterocycles. The summed E-state index contributed by atoms with van der Waals surface area (Å²) in [5.74, 6) is 0. The first-order chi connectivity index (χ1) is 5.29. The molecule has 0 bridgehead atoms. The van der Waals surface area contributed by atoms with E-state index in [0.29, 0.717) is 8.64 Å². The van der Waals surface area contributed by atoms with Crippen molar-refractivity contribution in [2.24, 2.45) is 0 Å². The first-order valence-electron chi connectivity index (χ1n) is 3.09. The Morgan fingerprint density at radius 1 is 0.846 bits per heavy atom. The van der Waals surface area contributed by atoms with E-state index in [1.165, 1.54) is 0 Å². The molecule has 0 radical (unpaired) electrons. The third-order valence-corrected chi connectivity index (χ3v) is 2.30. The maximum Gasteiger partial charge on any atom is 0.132 e. The van der Waals surface area contributed by atoms with E-state index in [-0.39, 0.29) is 6.15 Å². The van der Waals surface area contributed by atoms with E-state index in [1.54, 1.807) is 9.80 Å². The van der Waals surface area contributed by atoms with Crippen LogP contribution in [-0.2, 0) is 0 Å². The monoisotopic (exact) mass is 259 g/mol. The van der Waals surface area contributed by atoms with Crippen LogP contribution in [0.3, 0.4) is 0 Å². The fourth-order valence-corrected chi connectivity index (χ4v) is 0. The van der Waals surface area contributed by atoms with Gasteiger partial charge in [-0.25, -0.2) is 0 Å². The number of rotatable bonds is 0. The van der Waals surface area contributed by atoms with Crippen LogP contribution >= 0.6 is 49.7 Å². The van der Waals surface area contributed by atoms with Gasteiger partial charge in [-0.2, -0.15) is 0 Å². The summed E-state index contributed by atoms with van der Waals surface area (Å²) < 4.78 is 1.24. The van der Waals surface area contributed by atoms with Crippen molar-refractivity contribution in [2.75, 3.05) is 28.2 Å². The molecule has 80 valence electrons. The molecule has 3 nitrogen and oxygen atoms in total. The zero-order valence-electron chi connectivity index (χ0n) is 8.31. The molecule has 0 fully saturated rings. The standard InChI is InChI=1S/2C3H7NS2.H3N/c2*1-4(2)3(5)6;/h2*1-2H3,(H,5,6);1H3. The quantitative estimate of drug-likeness (QED) is 0.456. The summed E-state index contributed by atoms with van der Waals surface area (Å²) in [7, 11) is 7.43. The third kappa shape index (κ3) is 19.0. The summed E-state index contributed by atoms with van der Waals surface area (Å²) in [4.78, 5) is 3.52. The first-order valence-corrected chi connectivity index (χ1v) is 4.80. The van der Waals surface area contributed by atoms with Crippen molar-refractivity contribution < 1.29 is 0 Å². The molecule has 13 heavy (non-hydrogen) atoms. The SMILES string of the molecule is CN(C)C(=S)S.CN(C)C(=S)S.N. The molecule has 0 amide bonds. The number of hydrogen-bond acceptors (Lipinski definition) is 3. The van der Waals surface area contributed by atoms with Crippen LogP contribution in [0.2, 0.25) is 0 Å². The molecule has 0 saturated carbocycles. The van der Waals surface area contributed by atoms with Crippen LogP contribution in [0, 0.1) is 0 Å². The lowest BCUT2D eigenvalue weighted by atomic mass is 11.0. The average molecular weight is 259 g/mol. The van der Waals surface area contributed by atoms with Crippen LogP contribution in [0.25, 0.3) is 0 Å². The molecular formula is C6H17N3S4. The van der Waals surface area contributed by atoms with E-state index < -0.39 is 0 Å². The second-order valence-corrected chi connectivity index (χ2v) is 4.58. The van der Waals surface area contributed by atoms with Gasteiger partial charge < -0.3 is 16.0 Å². The van der Waals surface area contributed by atoms with Crippen molar-refractivity contribution in [3.8, 4) is 0 Å². The highest BCUT2D eigenvalue weighted by Crippen LogP contribution is 1.84. The molecule has 0 aromatic carbocycles. The minimum atomic E-state index is 0. The Morgan fingerprint density at radius 2 is 0.923 bits per heavy atom. The predicted molar refractivity (Wildman–Crippen MR) is 75.6 cm³/mol. The van der Waals surface area contributed by atoms with Crippen molar-refractivity contribution in [3.63, 3.8) is 0 Å². The van der Waals surface area contributed by atoms with Crippen LogP contribution < -0.4 is 6.15 Å². The maximum atomic E-state index is 4.61. The summed E-state index contributed by atoms with van der Waals surface area (Å²) in [6.45, 7) is 0. The molecule has 0 saturated heterocycles. The Hall–Kier alpha value is 0.440.